The molecule has 0 spiro atoms. The lowest BCUT2D eigenvalue weighted by atomic mass is 10.2. The molecule has 0 bridgehead atoms. The van der Waals surface area contributed by atoms with E-state index in [2.05, 4.69) is 15.9 Å². The second-order valence-corrected chi connectivity index (χ2v) is 3.02. The molecule has 0 aromatic heterocycles. The minimum Gasteiger partial charge on any atom is -0.761 e. The molecule has 0 radical (unpaired) electrons. The van der Waals surface area contributed by atoms with Gasteiger partial charge >= 0.3 is 0 Å². The van der Waals surface area contributed by atoms with Crippen LogP contribution in [0.4, 0.5) is 10.1 Å². The molecule has 0 aliphatic carbocycles. The second-order valence-electron chi connectivity index (χ2n) is 2.16. The third-order valence-corrected chi connectivity index (χ3v) is 2.24. The Morgan fingerprint density at radius 1 is 1.55 bits per heavy atom. The number of anilines is 1. The zero-order valence-corrected chi connectivity index (χ0v) is 7.40. The summed E-state index contributed by atoms with van der Waals surface area (Å²) in [4.78, 5) is 0. The fourth-order valence-electron chi connectivity index (χ4n) is 0.752. The Hall–Kier alpha value is -0.610. The van der Waals surface area contributed by atoms with Gasteiger partial charge in [-0.3, -0.25) is 0 Å². The van der Waals surface area contributed by atoms with Gasteiger partial charge in [0.1, 0.15) is 5.82 Å². The van der Waals surface area contributed by atoms with Gasteiger partial charge in [0.2, 0.25) is 0 Å². The topological polar surface area (TPSA) is 35.1 Å². The molecule has 4 heteroatoms. The zero-order valence-electron chi connectivity index (χ0n) is 5.82. The minimum absolute atomic E-state index is 0.261. The molecular weight excluding hydrogens is 213 g/mol. The molecule has 0 aliphatic heterocycles. The first-order valence-electron chi connectivity index (χ1n) is 2.99. The molecular formula is C7H6BrFNO-. The molecule has 1 N–H and O–H groups in total. The van der Waals surface area contributed by atoms with Crippen LogP contribution in [0.2, 0.25) is 0 Å². The van der Waals surface area contributed by atoms with Crippen LogP contribution in [-0.4, -0.2) is 0 Å². The molecule has 0 unspecified atom stereocenters. The van der Waals surface area contributed by atoms with Gasteiger partial charge in [0.05, 0.1) is 0 Å². The van der Waals surface area contributed by atoms with Gasteiger partial charge in [-0.1, -0.05) is 15.9 Å². The Labute approximate surface area is 72.1 Å². The van der Waals surface area contributed by atoms with Crippen LogP contribution in [0.5, 0.6) is 0 Å². The molecule has 1 aromatic rings. The maximum absolute atomic E-state index is 12.6. The Bertz CT molecular complexity index is 277. The van der Waals surface area contributed by atoms with Crippen molar-refractivity contribution in [2.45, 2.75) is 6.92 Å². The van der Waals surface area contributed by atoms with Gasteiger partial charge in [-0.15, -0.1) is 0 Å². The highest BCUT2D eigenvalue weighted by Gasteiger charge is 2.01. The molecule has 60 valence electrons. The van der Waals surface area contributed by atoms with Crippen molar-refractivity contribution < 1.29 is 4.39 Å². The smallest absolute Gasteiger partial charge is 0.126 e. The van der Waals surface area contributed by atoms with Crippen LogP contribution in [0.25, 0.3) is 0 Å². The zero-order chi connectivity index (χ0) is 8.43. The van der Waals surface area contributed by atoms with Gasteiger partial charge in [-0.05, 0) is 24.6 Å². The minimum atomic E-state index is -0.430. The van der Waals surface area contributed by atoms with Crippen LogP contribution in [0.1, 0.15) is 5.56 Å². The van der Waals surface area contributed by atoms with Crippen LogP contribution >= 0.6 is 15.9 Å². The highest BCUT2D eigenvalue weighted by molar-refractivity contribution is 9.10. The predicted molar refractivity (Wildman–Crippen MR) is 45.8 cm³/mol. The predicted octanol–water partition coefficient (Wildman–Crippen LogP) is 2.81. The number of hydrogen-bond donors (Lipinski definition) is 1. The van der Waals surface area contributed by atoms with Crippen LogP contribution in [0.3, 0.4) is 0 Å². The molecule has 0 heterocycles. The van der Waals surface area contributed by atoms with E-state index >= 15 is 0 Å². The normalized spacial score (nSPS) is 9.82. The molecule has 1 rings (SSSR count). The summed E-state index contributed by atoms with van der Waals surface area (Å²) in [5.74, 6) is -0.430. The van der Waals surface area contributed by atoms with Crippen LogP contribution in [0.15, 0.2) is 16.6 Å². The summed E-state index contributed by atoms with van der Waals surface area (Å²) in [7, 11) is 0. The fourth-order valence-corrected chi connectivity index (χ4v) is 1.18. The van der Waals surface area contributed by atoms with Gasteiger partial charge in [0.15, 0.2) is 0 Å². The first kappa shape index (κ1) is 8.49. The summed E-state index contributed by atoms with van der Waals surface area (Å²) in [6.45, 7) is 1.73. The van der Waals surface area contributed by atoms with Crippen molar-refractivity contribution in [2.24, 2.45) is 0 Å². The van der Waals surface area contributed by atoms with E-state index in [1.54, 1.807) is 12.4 Å². The third-order valence-electron chi connectivity index (χ3n) is 1.42. The first-order chi connectivity index (χ1) is 5.15. The standard InChI is InChI=1S/C7H6BrFNO/c1-4-6(8)2-5(9)3-7(4)10-11/h2-3,10H,1H3/q-1. The number of rotatable bonds is 1. The summed E-state index contributed by atoms with van der Waals surface area (Å²) < 4.78 is 13.2. The largest absolute Gasteiger partial charge is 0.761 e. The van der Waals surface area contributed by atoms with E-state index < -0.39 is 5.82 Å². The first-order valence-corrected chi connectivity index (χ1v) is 3.78. The van der Waals surface area contributed by atoms with Gasteiger partial charge in [0, 0.05) is 10.2 Å². The van der Waals surface area contributed by atoms with Crippen molar-refractivity contribution in [1.29, 1.82) is 0 Å². The van der Waals surface area contributed by atoms with Crippen LogP contribution < -0.4 is 5.48 Å². The summed E-state index contributed by atoms with van der Waals surface area (Å²) in [5, 5.41) is 10.2. The molecule has 11 heavy (non-hydrogen) atoms. The van der Waals surface area contributed by atoms with E-state index in [4.69, 9.17) is 0 Å². The van der Waals surface area contributed by atoms with E-state index in [-0.39, 0.29) is 5.69 Å². The molecule has 2 nitrogen and oxygen atoms in total. The summed E-state index contributed by atoms with van der Waals surface area (Å²) in [6.07, 6.45) is 0. The molecule has 0 saturated carbocycles. The summed E-state index contributed by atoms with van der Waals surface area (Å²) in [5.41, 5.74) is 2.63. The van der Waals surface area contributed by atoms with E-state index in [0.717, 1.165) is 6.07 Å². The van der Waals surface area contributed by atoms with E-state index in [9.17, 15) is 9.60 Å². The fraction of sp³-hybridized carbons (Fsp3) is 0.143. The molecule has 1 aromatic carbocycles. The highest BCUT2D eigenvalue weighted by Crippen LogP contribution is 2.24. The molecule has 0 aliphatic rings. The monoisotopic (exact) mass is 218 g/mol. The van der Waals surface area contributed by atoms with E-state index in [1.165, 1.54) is 6.07 Å². The van der Waals surface area contributed by atoms with Gasteiger partial charge in [-0.25, -0.2) is 4.39 Å². The van der Waals surface area contributed by atoms with E-state index in [0.29, 0.717) is 10.0 Å². The molecule has 0 amide bonds. The third kappa shape index (κ3) is 1.70. The quantitative estimate of drug-likeness (QED) is 0.737. The second kappa shape index (κ2) is 3.19. The maximum Gasteiger partial charge on any atom is 0.126 e. The summed E-state index contributed by atoms with van der Waals surface area (Å²) in [6, 6.07) is 2.48. The van der Waals surface area contributed by atoms with Crippen molar-refractivity contribution >= 4 is 21.6 Å². The van der Waals surface area contributed by atoms with Crippen molar-refractivity contribution in [2.75, 3.05) is 5.48 Å². The van der Waals surface area contributed by atoms with Crippen molar-refractivity contribution in [3.63, 3.8) is 0 Å². The Morgan fingerprint density at radius 2 is 2.18 bits per heavy atom. The van der Waals surface area contributed by atoms with Crippen LogP contribution in [0, 0.1) is 17.9 Å². The average molecular weight is 219 g/mol. The van der Waals surface area contributed by atoms with Crippen LogP contribution in [-0.2, 0) is 0 Å². The maximum atomic E-state index is 12.6. The van der Waals surface area contributed by atoms with Crippen molar-refractivity contribution in [1.82, 2.24) is 0 Å². The van der Waals surface area contributed by atoms with Gasteiger partial charge in [0.25, 0.3) is 0 Å². The lowest BCUT2D eigenvalue weighted by molar-refractivity contribution is 0.627. The molecule has 0 atom stereocenters. The number of hydrogen-bond acceptors (Lipinski definition) is 2. The lowest BCUT2D eigenvalue weighted by Crippen LogP contribution is -1.91. The molecule has 0 fully saturated rings. The van der Waals surface area contributed by atoms with Gasteiger partial charge in [-0.2, -0.15) is 0 Å². The Balaban J connectivity index is 3.24. The SMILES string of the molecule is Cc1c(Br)cc(F)cc1N[O-]. The van der Waals surface area contributed by atoms with Crippen molar-refractivity contribution in [3.8, 4) is 0 Å². The lowest BCUT2D eigenvalue weighted by Gasteiger charge is -2.13. The highest BCUT2D eigenvalue weighted by atomic mass is 79.9. The number of benzene rings is 1. The molecule has 0 saturated heterocycles. The Morgan fingerprint density at radius 3 is 2.73 bits per heavy atom. The number of halogens is 2. The van der Waals surface area contributed by atoms with Crippen molar-refractivity contribution in [3.05, 3.63) is 33.2 Å². The summed E-state index contributed by atoms with van der Waals surface area (Å²) >= 11 is 3.12. The Kier molecular flexibility index (Phi) is 2.46. The number of nitrogens with one attached hydrogen (secondary N) is 1. The van der Waals surface area contributed by atoms with E-state index in [1.807, 2.05) is 0 Å². The average Bonchev–Trinajstić information content (AvgIpc) is 1.96. The van der Waals surface area contributed by atoms with Gasteiger partial charge < -0.3 is 10.7 Å².